The van der Waals surface area contributed by atoms with Crippen LogP contribution in [0.1, 0.15) is 11.4 Å². The fraction of sp³-hybridized carbons (Fsp3) is 0.0714. The number of rotatable bonds is 5. The molecule has 1 aromatic heterocycles. The molecule has 0 aliphatic heterocycles. The predicted octanol–water partition coefficient (Wildman–Crippen LogP) is 5.16. The van der Waals surface area contributed by atoms with E-state index in [9.17, 15) is 0 Å². The number of benzene rings is 4. The van der Waals surface area contributed by atoms with E-state index in [2.05, 4.69) is 104 Å². The number of hydrogen-bond donors (Lipinski definition) is 0. The summed E-state index contributed by atoms with van der Waals surface area (Å²) in [5, 5.41) is 4.17. The van der Waals surface area contributed by atoms with Crippen molar-refractivity contribution < 1.29 is 0 Å². The molecule has 0 atom stereocenters. The van der Waals surface area contributed by atoms with Gasteiger partial charge in [0.1, 0.15) is 0 Å². The molecule has 0 radical (unpaired) electrons. The van der Waals surface area contributed by atoms with Crippen molar-refractivity contribution in [3.05, 3.63) is 127 Å². The molecule has 0 spiro atoms. The van der Waals surface area contributed by atoms with Gasteiger partial charge in [0, 0.05) is 0 Å². The Labute approximate surface area is 184 Å². The number of nitrogens with zero attached hydrogens (tertiary/aromatic N) is 2. The van der Waals surface area contributed by atoms with E-state index in [0.29, 0.717) is 0 Å². The fourth-order valence-electron chi connectivity index (χ4n) is 4.52. The maximum atomic E-state index is 5.11. The summed E-state index contributed by atoms with van der Waals surface area (Å²) < 4.78 is 0. The van der Waals surface area contributed by atoms with Crippen LogP contribution in [0.4, 0.5) is 0 Å². The Bertz CT molecular complexity index is 1210. The summed E-state index contributed by atoms with van der Waals surface area (Å²) in [5.74, 6) is 0. The average molecular weight is 420 g/mol. The summed E-state index contributed by atoms with van der Waals surface area (Å²) in [6, 6.07) is 41.1. The Hall–Kier alpha value is -3.35. The minimum atomic E-state index is -2.39. The van der Waals surface area contributed by atoms with Crippen molar-refractivity contribution in [2.24, 2.45) is 0 Å². The van der Waals surface area contributed by atoms with Crippen LogP contribution in [0.15, 0.2) is 115 Å². The SMILES string of the molecule is Cc1nc2ccccc2nc1C[PH](c1ccccc1)(c1ccccc1)c1ccccc1. The van der Waals surface area contributed by atoms with Crippen LogP contribution in [-0.4, -0.2) is 9.97 Å². The molecule has 0 saturated heterocycles. The van der Waals surface area contributed by atoms with E-state index < -0.39 is 7.26 Å². The molecule has 0 fully saturated rings. The van der Waals surface area contributed by atoms with E-state index in [1.807, 2.05) is 18.2 Å². The van der Waals surface area contributed by atoms with Crippen LogP contribution in [0.2, 0.25) is 0 Å². The number of aryl methyl sites for hydroxylation is 1. The second-order valence-electron chi connectivity index (χ2n) is 7.92. The van der Waals surface area contributed by atoms with Gasteiger partial charge in [-0.05, 0) is 0 Å². The topological polar surface area (TPSA) is 25.8 Å². The van der Waals surface area contributed by atoms with Gasteiger partial charge in [-0.1, -0.05) is 0 Å². The van der Waals surface area contributed by atoms with Crippen LogP contribution in [-0.2, 0) is 6.16 Å². The summed E-state index contributed by atoms with van der Waals surface area (Å²) in [4.78, 5) is 10.0. The zero-order chi connectivity index (χ0) is 21.1. The zero-order valence-corrected chi connectivity index (χ0v) is 18.6. The molecule has 3 heteroatoms. The molecule has 152 valence electrons. The van der Waals surface area contributed by atoms with E-state index in [1.165, 1.54) is 15.9 Å². The van der Waals surface area contributed by atoms with E-state index in [4.69, 9.17) is 9.97 Å². The third kappa shape index (κ3) is 3.65. The predicted molar refractivity (Wildman–Crippen MR) is 135 cm³/mol. The standard InChI is InChI=1S/C28H25N2P/c1-22-28(30-27-20-12-11-19-26(27)29-22)21-31(23-13-5-2-6-14-23,24-15-7-3-8-16-24)25-17-9-4-10-18-25/h2-20,31H,21H2,1H3. The van der Waals surface area contributed by atoms with Crippen LogP contribution < -0.4 is 15.9 Å². The van der Waals surface area contributed by atoms with Crippen molar-refractivity contribution in [1.29, 1.82) is 0 Å². The molecular formula is C28H25N2P. The average Bonchev–Trinajstić information content (AvgIpc) is 2.84. The van der Waals surface area contributed by atoms with Crippen LogP contribution in [0.5, 0.6) is 0 Å². The number of para-hydroxylation sites is 2. The van der Waals surface area contributed by atoms with Gasteiger partial charge in [0.2, 0.25) is 0 Å². The van der Waals surface area contributed by atoms with Crippen LogP contribution >= 0.6 is 7.26 Å². The van der Waals surface area contributed by atoms with Gasteiger partial charge < -0.3 is 0 Å². The molecule has 0 N–H and O–H groups in total. The molecule has 5 aromatic rings. The summed E-state index contributed by atoms with van der Waals surface area (Å²) in [6.07, 6.45) is 0.870. The molecule has 31 heavy (non-hydrogen) atoms. The van der Waals surface area contributed by atoms with Gasteiger partial charge in [-0.3, -0.25) is 0 Å². The normalized spacial score (nSPS) is 12.0. The number of aromatic nitrogens is 2. The molecular weight excluding hydrogens is 395 g/mol. The Morgan fingerprint density at radius 3 is 1.35 bits per heavy atom. The van der Waals surface area contributed by atoms with Crippen molar-refractivity contribution in [3.63, 3.8) is 0 Å². The van der Waals surface area contributed by atoms with Gasteiger partial charge in [0.05, 0.1) is 0 Å². The first-order valence-electron chi connectivity index (χ1n) is 10.7. The molecule has 2 nitrogen and oxygen atoms in total. The van der Waals surface area contributed by atoms with Crippen LogP contribution in [0.25, 0.3) is 11.0 Å². The van der Waals surface area contributed by atoms with Crippen molar-refractivity contribution in [3.8, 4) is 0 Å². The maximum absolute atomic E-state index is 5.11. The Kier molecular flexibility index (Phi) is 5.32. The molecule has 1 heterocycles. The van der Waals surface area contributed by atoms with Gasteiger partial charge in [0.25, 0.3) is 0 Å². The van der Waals surface area contributed by atoms with Gasteiger partial charge in [-0.15, -0.1) is 0 Å². The third-order valence-electron chi connectivity index (χ3n) is 6.08. The quantitative estimate of drug-likeness (QED) is 0.367. The molecule has 0 aliphatic carbocycles. The van der Waals surface area contributed by atoms with Gasteiger partial charge in [-0.2, -0.15) is 0 Å². The Balaban J connectivity index is 1.79. The molecule has 0 saturated carbocycles. The number of hydrogen-bond acceptors (Lipinski definition) is 2. The fourth-order valence-corrected chi connectivity index (χ4v) is 9.25. The molecule has 0 amide bonds. The van der Waals surface area contributed by atoms with Crippen molar-refractivity contribution in [2.45, 2.75) is 13.1 Å². The monoisotopic (exact) mass is 420 g/mol. The third-order valence-corrected chi connectivity index (χ3v) is 10.9. The molecule has 5 rings (SSSR count). The minimum absolute atomic E-state index is 0.870. The second kappa shape index (κ2) is 8.41. The van der Waals surface area contributed by atoms with Gasteiger partial charge in [-0.25, -0.2) is 0 Å². The first-order chi connectivity index (χ1) is 15.3. The zero-order valence-electron chi connectivity index (χ0n) is 17.6. The Morgan fingerprint density at radius 1 is 0.516 bits per heavy atom. The second-order valence-corrected chi connectivity index (χ2v) is 11.8. The summed E-state index contributed by atoms with van der Waals surface area (Å²) in [5.41, 5.74) is 4.01. The van der Waals surface area contributed by atoms with Crippen LogP contribution in [0, 0.1) is 6.92 Å². The Morgan fingerprint density at radius 2 is 0.903 bits per heavy atom. The molecule has 0 aliphatic rings. The van der Waals surface area contributed by atoms with Gasteiger partial charge >= 0.3 is 184 Å². The first kappa shape index (κ1) is 19.6. The van der Waals surface area contributed by atoms with Crippen molar-refractivity contribution in [2.75, 3.05) is 0 Å². The van der Waals surface area contributed by atoms with E-state index in [1.54, 1.807) is 0 Å². The summed E-state index contributed by atoms with van der Waals surface area (Å²) in [7, 11) is -2.39. The number of fused-ring (bicyclic) bond motifs is 1. The molecule has 4 aromatic carbocycles. The molecule has 0 unspecified atom stereocenters. The van der Waals surface area contributed by atoms with Gasteiger partial charge in [0.15, 0.2) is 0 Å². The summed E-state index contributed by atoms with van der Waals surface area (Å²) in [6.45, 7) is 2.09. The summed E-state index contributed by atoms with van der Waals surface area (Å²) >= 11 is 0. The van der Waals surface area contributed by atoms with E-state index in [0.717, 1.165) is 28.6 Å². The van der Waals surface area contributed by atoms with Crippen LogP contribution in [0.3, 0.4) is 0 Å². The molecule has 0 bridgehead atoms. The van der Waals surface area contributed by atoms with E-state index >= 15 is 0 Å². The first-order valence-corrected chi connectivity index (χ1v) is 12.9. The van der Waals surface area contributed by atoms with Crippen molar-refractivity contribution >= 4 is 34.2 Å². The van der Waals surface area contributed by atoms with E-state index in [-0.39, 0.29) is 0 Å². The van der Waals surface area contributed by atoms with Crippen molar-refractivity contribution in [1.82, 2.24) is 9.97 Å².